The van der Waals surface area contributed by atoms with E-state index >= 15 is 0 Å². The fourth-order valence-corrected chi connectivity index (χ4v) is 5.15. The Labute approximate surface area is 202 Å². The second-order valence-corrected chi connectivity index (χ2v) is 15.7. The van der Waals surface area contributed by atoms with Gasteiger partial charge in [-0.15, -0.1) is 0 Å². The molecule has 1 unspecified atom stereocenters. The highest BCUT2D eigenvalue weighted by Gasteiger charge is 2.49. The Morgan fingerprint density at radius 2 is 1.58 bits per heavy atom. The Kier molecular flexibility index (Phi) is 6.93. The van der Waals surface area contributed by atoms with Crippen LogP contribution in [0.2, 0.25) is 25.7 Å². The molecule has 4 rings (SSSR count). The van der Waals surface area contributed by atoms with Crippen LogP contribution in [0, 0.1) is 0 Å². The third-order valence-corrected chi connectivity index (χ3v) is 8.19. The Morgan fingerprint density at radius 1 is 0.909 bits per heavy atom. The van der Waals surface area contributed by atoms with E-state index in [-0.39, 0.29) is 12.7 Å². The fourth-order valence-electron chi connectivity index (χ4n) is 3.97. The van der Waals surface area contributed by atoms with Crippen LogP contribution < -0.4 is 4.74 Å². The molecule has 0 bridgehead atoms. The number of benzene rings is 3. The van der Waals surface area contributed by atoms with Gasteiger partial charge in [-0.2, -0.15) is 0 Å². The summed E-state index contributed by atoms with van der Waals surface area (Å²) in [6.45, 7) is 8.32. The van der Waals surface area contributed by atoms with Crippen LogP contribution in [0.4, 0.5) is 0 Å². The zero-order valence-corrected chi connectivity index (χ0v) is 21.1. The van der Waals surface area contributed by atoms with E-state index in [0.29, 0.717) is 24.5 Å². The molecule has 0 saturated heterocycles. The lowest BCUT2D eigenvalue weighted by molar-refractivity contribution is 0.0220. The highest BCUT2D eigenvalue weighted by atomic mass is 35.5. The predicted molar refractivity (Wildman–Crippen MR) is 135 cm³/mol. The Hall–Kier alpha value is -2.60. The van der Waals surface area contributed by atoms with Crippen molar-refractivity contribution in [3.05, 3.63) is 101 Å². The molecule has 3 aromatic rings. The summed E-state index contributed by atoms with van der Waals surface area (Å²) in [7, 11) is -1.11. The minimum atomic E-state index is -1.11. The summed E-state index contributed by atoms with van der Waals surface area (Å²) in [5, 5.41) is 0. The Morgan fingerprint density at radius 3 is 2.27 bits per heavy atom. The maximum atomic E-state index is 13.3. The number of hydrogen-bond donors (Lipinski definition) is 0. The van der Waals surface area contributed by atoms with Crippen molar-refractivity contribution in [3.8, 4) is 5.75 Å². The van der Waals surface area contributed by atoms with Crippen molar-refractivity contribution in [1.82, 2.24) is 4.90 Å². The monoisotopic (exact) mass is 479 g/mol. The Balaban J connectivity index is 1.54. The molecule has 1 heterocycles. The van der Waals surface area contributed by atoms with Crippen molar-refractivity contribution in [2.45, 2.75) is 37.2 Å². The van der Waals surface area contributed by atoms with Gasteiger partial charge < -0.3 is 14.4 Å². The molecule has 172 valence electrons. The van der Waals surface area contributed by atoms with Gasteiger partial charge in [0.15, 0.2) is 11.8 Å². The highest BCUT2D eigenvalue weighted by molar-refractivity contribution is 6.76. The van der Waals surface area contributed by atoms with Crippen LogP contribution in [-0.4, -0.2) is 32.3 Å². The lowest BCUT2D eigenvalue weighted by Gasteiger charge is -2.34. The third kappa shape index (κ3) is 5.16. The van der Waals surface area contributed by atoms with Crippen molar-refractivity contribution < 1.29 is 14.3 Å². The van der Waals surface area contributed by atoms with E-state index in [1.165, 1.54) is 0 Å². The van der Waals surface area contributed by atoms with E-state index in [1.807, 2.05) is 78.9 Å². The first-order valence-corrected chi connectivity index (χ1v) is 15.3. The van der Waals surface area contributed by atoms with Crippen LogP contribution in [0.3, 0.4) is 0 Å². The molecule has 0 fully saturated rings. The van der Waals surface area contributed by atoms with Crippen LogP contribution in [0.15, 0.2) is 78.9 Å². The lowest BCUT2D eigenvalue weighted by Crippen LogP contribution is -2.39. The van der Waals surface area contributed by atoms with E-state index < -0.39 is 13.1 Å². The largest absolute Gasteiger partial charge is 0.468 e. The molecule has 0 spiro atoms. The average molecular weight is 480 g/mol. The standard InChI is InChI=1S/C27H30ClNO3Si/c1-33(2,3)18-17-31-20-32-23-15-13-22(14-16-23)27(28)25-12-8-7-11-24(25)26(30)29(27)19-21-9-5-4-6-10-21/h4-16H,17-20H2,1-3H3. The number of nitrogens with zero attached hydrogens (tertiary/aromatic N) is 1. The molecule has 0 aliphatic carbocycles. The first-order valence-electron chi connectivity index (χ1n) is 11.2. The minimum Gasteiger partial charge on any atom is -0.468 e. The first kappa shape index (κ1) is 23.6. The summed E-state index contributed by atoms with van der Waals surface area (Å²) >= 11 is 7.32. The van der Waals surface area contributed by atoms with Gasteiger partial charge in [-0.3, -0.25) is 4.79 Å². The maximum absolute atomic E-state index is 13.3. The third-order valence-electron chi connectivity index (χ3n) is 5.86. The molecule has 0 N–H and O–H groups in total. The molecule has 6 heteroatoms. The Bertz CT molecular complexity index is 1100. The number of halogens is 1. The highest BCUT2D eigenvalue weighted by Crippen LogP contribution is 2.48. The van der Waals surface area contributed by atoms with Crippen LogP contribution in [0.1, 0.15) is 27.0 Å². The smallest absolute Gasteiger partial charge is 0.256 e. The minimum absolute atomic E-state index is 0.0689. The van der Waals surface area contributed by atoms with Gasteiger partial charge in [-0.25, -0.2) is 0 Å². The van der Waals surface area contributed by atoms with E-state index in [2.05, 4.69) is 19.6 Å². The number of ether oxygens (including phenoxy) is 2. The summed E-state index contributed by atoms with van der Waals surface area (Å²) in [6, 6.07) is 26.2. The summed E-state index contributed by atoms with van der Waals surface area (Å²) in [4.78, 5) is 14.0. The van der Waals surface area contributed by atoms with Gasteiger partial charge in [0.2, 0.25) is 0 Å². The zero-order valence-electron chi connectivity index (χ0n) is 19.4. The van der Waals surface area contributed by atoms with Gasteiger partial charge in [0.1, 0.15) is 5.75 Å². The number of carbonyl (C=O) groups is 1. The second kappa shape index (κ2) is 9.72. The SMILES string of the molecule is C[Si](C)(C)CCOCOc1ccc(C2(Cl)c3ccccc3C(=O)N2Cc2ccccc2)cc1. The summed E-state index contributed by atoms with van der Waals surface area (Å²) in [5.41, 5.74) is 3.29. The number of hydrogen-bond acceptors (Lipinski definition) is 3. The van der Waals surface area contributed by atoms with E-state index in [9.17, 15) is 4.79 Å². The predicted octanol–water partition coefficient (Wildman–Crippen LogP) is 6.47. The van der Waals surface area contributed by atoms with Crippen molar-refractivity contribution in [1.29, 1.82) is 0 Å². The lowest BCUT2D eigenvalue weighted by atomic mass is 9.97. The molecule has 1 aliphatic rings. The second-order valence-electron chi connectivity index (χ2n) is 9.55. The van der Waals surface area contributed by atoms with Crippen LogP contribution in [0.5, 0.6) is 5.75 Å². The summed E-state index contributed by atoms with van der Waals surface area (Å²) in [5.74, 6) is 0.639. The molecular formula is C27H30ClNO3Si. The molecule has 33 heavy (non-hydrogen) atoms. The van der Waals surface area contributed by atoms with Gasteiger partial charge in [-0.05, 0) is 35.4 Å². The van der Waals surface area contributed by atoms with Crippen molar-refractivity contribution in [2.75, 3.05) is 13.4 Å². The summed E-state index contributed by atoms with van der Waals surface area (Å²) < 4.78 is 11.4. The molecule has 0 radical (unpaired) electrons. The average Bonchev–Trinajstić information content (AvgIpc) is 3.02. The van der Waals surface area contributed by atoms with Crippen LogP contribution >= 0.6 is 11.6 Å². The summed E-state index contributed by atoms with van der Waals surface area (Å²) in [6.07, 6.45) is 0. The molecule has 3 aromatic carbocycles. The van der Waals surface area contributed by atoms with Gasteiger partial charge in [0.25, 0.3) is 5.91 Å². The zero-order chi connectivity index (χ0) is 23.5. The number of alkyl halides is 1. The van der Waals surface area contributed by atoms with Crippen molar-refractivity contribution >= 4 is 25.6 Å². The molecule has 1 atom stereocenters. The van der Waals surface area contributed by atoms with Gasteiger partial charge in [0, 0.05) is 32.4 Å². The van der Waals surface area contributed by atoms with E-state index in [0.717, 1.165) is 22.7 Å². The van der Waals surface area contributed by atoms with E-state index in [1.54, 1.807) is 4.90 Å². The molecule has 0 saturated carbocycles. The van der Waals surface area contributed by atoms with Crippen molar-refractivity contribution in [2.24, 2.45) is 0 Å². The molecule has 1 amide bonds. The number of amides is 1. The van der Waals surface area contributed by atoms with Crippen LogP contribution in [0.25, 0.3) is 0 Å². The first-order chi connectivity index (χ1) is 15.8. The van der Waals surface area contributed by atoms with Crippen LogP contribution in [-0.2, 0) is 16.3 Å². The molecule has 0 aromatic heterocycles. The van der Waals surface area contributed by atoms with Gasteiger partial charge >= 0.3 is 0 Å². The number of fused-ring (bicyclic) bond motifs is 1. The van der Waals surface area contributed by atoms with Crippen molar-refractivity contribution in [3.63, 3.8) is 0 Å². The molecule has 4 nitrogen and oxygen atoms in total. The molecular weight excluding hydrogens is 450 g/mol. The number of carbonyl (C=O) groups excluding carboxylic acids is 1. The maximum Gasteiger partial charge on any atom is 0.256 e. The topological polar surface area (TPSA) is 38.8 Å². The quantitative estimate of drug-likeness (QED) is 0.116. The van der Waals surface area contributed by atoms with E-state index in [4.69, 9.17) is 21.1 Å². The van der Waals surface area contributed by atoms with Gasteiger partial charge in [-0.1, -0.05) is 91.9 Å². The normalized spacial score (nSPS) is 17.8. The fraction of sp³-hybridized carbons (Fsp3) is 0.296. The van der Waals surface area contributed by atoms with Gasteiger partial charge in [0.05, 0.1) is 0 Å². The number of rotatable bonds is 9. The molecule has 1 aliphatic heterocycles.